The van der Waals surface area contributed by atoms with Crippen LogP contribution in [0.25, 0.3) is 0 Å². The van der Waals surface area contributed by atoms with Crippen molar-refractivity contribution in [1.82, 2.24) is 0 Å². The molecule has 0 spiro atoms. The van der Waals surface area contributed by atoms with Crippen LogP contribution in [0.5, 0.6) is 0 Å². The zero-order valence-electron chi connectivity index (χ0n) is 8.89. The van der Waals surface area contributed by atoms with E-state index in [0.29, 0.717) is 13.1 Å². The summed E-state index contributed by atoms with van der Waals surface area (Å²) in [5.74, 6) is 0. The van der Waals surface area contributed by atoms with E-state index in [1.807, 2.05) is 0 Å². The molecular formula is C8H24N2OSi. The van der Waals surface area contributed by atoms with Crippen molar-refractivity contribution < 1.29 is 4.43 Å². The molecule has 0 aromatic heterocycles. The molecule has 0 unspecified atom stereocenters. The Bertz CT molecular complexity index is 87.1. The summed E-state index contributed by atoms with van der Waals surface area (Å²) in [6.07, 6.45) is 2.39. The minimum atomic E-state index is 0.154. The molecule has 0 atom stereocenters. The highest BCUT2D eigenvalue weighted by Crippen LogP contribution is 2.13. The Morgan fingerprint density at radius 3 is 1.75 bits per heavy atom. The standard InChI is InChI=1S/C6H16OSi.C2H8N2/c1-4-5-6(2,3)7-8;3-1-2-4/h4-5H2,1-3,8H3;1-4H2. The van der Waals surface area contributed by atoms with Crippen molar-refractivity contribution >= 4 is 10.5 Å². The first-order chi connectivity index (χ1) is 5.54. The topological polar surface area (TPSA) is 61.3 Å². The van der Waals surface area contributed by atoms with Crippen LogP contribution in [0.1, 0.15) is 33.6 Å². The monoisotopic (exact) mass is 192 g/mol. The lowest BCUT2D eigenvalue weighted by atomic mass is 10.0. The fraction of sp³-hybridized carbons (Fsp3) is 1.00. The summed E-state index contributed by atoms with van der Waals surface area (Å²) in [5, 5.41) is 0. The number of rotatable bonds is 4. The highest BCUT2D eigenvalue weighted by atomic mass is 28.2. The van der Waals surface area contributed by atoms with Gasteiger partial charge in [-0.15, -0.1) is 0 Å². The first-order valence-corrected chi connectivity index (χ1v) is 5.31. The van der Waals surface area contributed by atoms with Crippen molar-refractivity contribution in [3.8, 4) is 0 Å². The molecule has 3 nitrogen and oxygen atoms in total. The molecule has 76 valence electrons. The van der Waals surface area contributed by atoms with Gasteiger partial charge in [0.2, 0.25) is 0 Å². The average molecular weight is 192 g/mol. The second-order valence-corrected chi connectivity index (χ2v) is 3.70. The van der Waals surface area contributed by atoms with Crippen LogP contribution >= 0.6 is 0 Å². The number of nitrogens with two attached hydrogens (primary N) is 2. The maximum atomic E-state index is 5.32. The van der Waals surface area contributed by atoms with Gasteiger partial charge in [-0.25, -0.2) is 0 Å². The third-order valence-corrected chi connectivity index (χ3v) is 2.68. The minimum Gasteiger partial charge on any atom is -0.423 e. The lowest BCUT2D eigenvalue weighted by Gasteiger charge is -2.22. The summed E-state index contributed by atoms with van der Waals surface area (Å²) < 4.78 is 5.32. The first-order valence-electron chi connectivity index (χ1n) is 4.49. The van der Waals surface area contributed by atoms with Gasteiger partial charge in [-0.1, -0.05) is 13.3 Å². The molecule has 0 saturated carbocycles. The largest absolute Gasteiger partial charge is 0.423 e. The second-order valence-electron chi connectivity index (χ2n) is 3.29. The molecule has 0 aliphatic heterocycles. The van der Waals surface area contributed by atoms with E-state index >= 15 is 0 Å². The maximum Gasteiger partial charge on any atom is 0.146 e. The molecular weight excluding hydrogens is 168 g/mol. The predicted molar refractivity (Wildman–Crippen MR) is 58.1 cm³/mol. The fourth-order valence-electron chi connectivity index (χ4n) is 0.704. The van der Waals surface area contributed by atoms with Crippen molar-refractivity contribution in [3.63, 3.8) is 0 Å². The van der Waals surface area contributed by atoms with Crippen molar-refractivity contribution in [2.75, 3.05) is 13.1 Å². The number of hydrogen-bond donors (Lipinski definition) is 2. The van der Waals surface area contributed by atoms with Gasteiger partial charge in [-0.05, 0) is 20.3 Å². The quantitative estimate of drug-likeness (QED) is 0.605. The van der Waals surface area contributed by atoms with Crippen LogP contribution in [-0.4, -0.2) is 29.2 Å². The van der Waals surface area contributed by atoms with Crippen molar-refractivity contribution in [2.45, 2.75) is 39.2 Å². The summed E-state index contributed by atoms with van der Waals surface area (Å²) in [6.45, 7) is 7.66. The van der Waals surface area contributed by atoms with Gasteiger partial charge in [0.25, 0.3) is 0 Å². The SMILES string of the molecule is CCCC(C)(C)O[SiH3].NCCN. The minimum absolute atomic E-state index is 0.154. The molecule has 0 aliphatic carbocycles. The summed E-state index contributed by atoms with van der Waals surface area (Å²) in [7, 11) is 0.862. The van der Waals surface area contributed by atoms with E-state index in [4.69, 9.17) is 15.9 Å². The molecule has 0 radical (unpaired) electrons. The average Bonchev–Trinajstić information content (AvgIpc) is 2.05. The Balaban J connectivity index is 0. The van der Waals surface area contributed by atoms with Gasteiger partial charge in [0.15, 0.2) is 0 Å². The normalized spacial score (nSPS) is 10.8. The van der Waals surface area contributed by atoms with Gasteiger partial charge in [0.05, 0.1) is 0 Å². The Labute approximate surface area is 79.4 Å². The van der Waals surface area contributed by atoms with Crippen LogP contribution in [0.15, 0.2) is 0 Å². The fourth-order valence-corrected chi connectivity index (χ4v) is 0.908. The highest BCUT2D eigenvalue weighted by Gasteiger charge is 2.12. The first kappa shape index (κ1) is 14.6. The van der Waals surface area contributed by atoms with Gasteiger partial charge in [-0.2, -0.15) is 0 Å². The van der Waals surface area contributed by atoms with Crippen molar-refractivity contribution in [3.05, 3.63) is 0 Å². The van der Waals surface area contributed by atoms with Crippen LogP contribution < -0.4 is 11.5 Å². The van der Waals surface area contributed by atoms with E-state index in [2.05, 4.69) is 20.8 Å². The summed E-state index contributed by atoms with van der Waals surface area (Å²) in [5.41, 5.74) is 9.96. The molecule has 0 aromatic carbocycles. The van der Waals surface area contributed by atoms with Gasteiger partial charge < -0.3 is 15.9 Å². The smallest absolute Gasteiger partial charge is 0.146 e. The molecule has 0 rings (SSSR count). The van der Waals surface area contributed by atoms with Crippen LogP contribution in [0.4, 0.5) is 0 Å². The van der Waals surface area contributed by atoms with Crippen LogP contribution in [-0.2, 0) is 4.43 Å². The van der Waals surface area contributed by atoms with Gasteiger partial charge in [0.1, 0.15) is 10.5 Å². The Hall–Kier alpha value is 0.0969. The Morgan fingerprint density at radius 2 is 1.67 bits per heavy atom. The third-order valence-electron chi connectivity index (χ3n) is 1.57. The molecule has 4 N–H and O–H groups in total. The molecule has 0 bridgehead atoms. The maximum absolute atomic E-state index is 5.32. The lowest BCUT2D eigenvalue weighted by molar-refractivity contribution is 0.112. The van der Waals surface area contributed by atoms with E-state index in [9.17, 15) is 0 Å². The number of hydrogen-bond acceptors (Lipinski definition) is 3. The lowest BCUT2D eigenvalue weighted by Crippen LogP contribution is -2.22. The van der Waals surface area contributed by atoms with E-state index in [0.717, 1.165) is 10.5 Å². The molecule has 4 heteroatoms. The molecule has 12 heavy (non-hydrogen) atoms. The summed E-state index contributed by atoms with van der Waals surface area (Å²) in [4.78, 5) is 0. The molecule has 0 saturated heterocycles. The molecule has 0 aliphatic rings. The van der Waals surface area contributed by atoms with E-state index in [-0.39, 0.29) is 5.60 Å². The predicted octanol–water partition coefficient (Wildman–Crippen LogP) is -0.234. The zero-order valence-corrected chi connectivity index (χ0v) is 10.9. The van der Waals surface area contributed by atoms with E-state index < -0.39 is 0 Å². The van der Waals surface area contributed by atoms with Gasteiger partial charge in [-0.3, -0.25) is 0 Å². The second kappa shape index (κ2) is 9.19. The molecule has 0 aromatic rings. The van der Waals surface area contributed by atoms with E-state index in [1.54, 1.807) is 0 Å². The Morgan fingerprint density at radius 1 is 1.25 bits per heavy atom. The van der Waals surface area contributed by atoms with Crippen molar-refractivity contribution in [2.24, 2.45) is 11.5 Å². The zero-order chi connectivity index (χ0) is 10.0. The van der Waals surface area contributed by atoms with E-state index in [1.165, 1.54) is 12.8 Å². The molecule has 0 heterocycles. The van der Waals surface area contributed by atoms with Crippen LogP contribution in [0, 0.1) is 0 Å². The Kier molecular flexibility index (Phi) is 11.2. The van der Waals surface area contributed by atoms with Crippen LogP contribution in [0.2, 0.25) is 0 Å². The van der Waals surface area contributed by atoms with Crippen LogP contribution in [0.3, 0.4) is 0 Å². The molecule has 0 fully saturated rings. The highest BCUT2D eigenvalue weighted by molar-refractivity contribution is 5.98. The van der Waals surface area contributed by atoms with Crippen molar-refractivity contribution in [1.29, 1.82) is 0 Å². The molecule has 0 amide bonds. The third kappa shape index (κ3) is 12.7. The summed E-state index contributed by atoms with van der Waals surface area (Å²) >= 11 is 0. The summed E-state index contributed by atoms with van der Waals surface area (Å²) in [6, 6.07) is 0. The van der Waals surface area contributed by atoms with Gasteiger partial charge >= 0.3 is 0 Å². The van der Waals surface area contributed by atoms with Gasteiger partial charge in [0, 0.05) is 18.7 Å².